The van der Waals surface area contributed by atoms with Gasteiger partial charge in [0.15, 0.2) is 0 Å². The summed E-state index contributed by atoms with van der Waals surface area (Å²) in [5.74, 6) is 0.375. The molecule has 3 N–H and O–H groups in total. The zero-order valence-electron chi connectivity index (χ0n) is 13.5. The van der Waals surface area contributed by atoms with Crippen LogP contribution in [0.2, 0.25) is 5.02 Å². The van der Waals surface area contributed by atoms with Crippen molar-refractivity contribution in [2.75, 3.05) is 5.32 Å². The molecule has 128 valence electrons. The van der Waals surface area contributed by atoms with E-state index < -0.39 is 5.91 Å². The van der Waals surface area contributed by atoms with E-state index in [9.17, 15) is 9.59 Å². The number of fused-ring (bicyclic) bond motifs is 1. The third-order valence-corrected chi connectivity index (χ3v) is 4.34. The molecule has 0 atom stereocenters. The molecule has 1 aliphatic heterocycles. The Morgan fingerprint density at radius 3 is 2.77 bits per heavy atom. The minimum absolute atomic E-state index is 0.212. The van der Waals surface area contributed by atoms with Gasteiger partial charge in [-0.25, -0.2) is 0 Å². The summed E-state index contributed by atoms with van der Waals surface area (Å²) in [5, 5.41) is 3.34. The number of nitrogens with one attached hydrogen (secondary N) is 1. The third-order valence-electron chi connectivity index (χ3n) is 4.11. The van der Waals surface area contributed by atoms with Crippen LogP contribution in [0.5, 0.6) is 0 Å². The number of amides is 2. The van der Waals surface area contributed by atoms with Gasteiger partial charge >= 0.3 is 0 Å². The molecular formula is C20H13ClN2O3. The number of halogens is 1. The van der Waals surface area contributed by atoms with Crippen molar-refractivity contribution in [2.45, 2.75) is 0 Å². The van der Waals surface area contributed by atoms with Crippen molar-refractivity contribution in [3.05, 3.63) is 76.5 Å². The van der Waals surface area contributed by atoms with Crippen molar-refractivity contribution in [1.29, 1.82) is 0 Å². The maximum atomic E-state index is 12.2. The van der Waals surface area contributed by atoms with Crippen molar-refractivity contribution < 1.29 is 14.0 Å². The third kappa shape index (κ3) is 2.89. The van der Waals surface area contributed by atoms with Gasteiger partial charge in [-0.2, -0.15) is 0 Å². The first-order chi connectivity index (χ1) is 12.5. The van der Waals surface area contributed by atoms with Crippen LogP contribution < -0.4 is 11.1 Å². The van der Waals surface area contributed by atoms with Crippen LogP contribution >= 0.6 is 11.6 Å². The number of hydrogen-bond donors (Lipinski definition) is 2. The molecule has 6 heteroatoms. The average molecular weight is 365 g/mol. The van der Waals surface area contributed by atoms with Crippen molar-refractivity contribution >= 4 is 40.8 Å². The van der Waals surface area contributed by atoms with Gasteiger partial charge in [-0.1, -0.05) is 23.7 Å². The summed E-state index contributed by atoms with van der Waals surface area (Å²) < 4.78 is 5.82. The largest absolute Gasteiger partial charge is 0.457 e. The number of primary amides is 1. The van der Waals surface area contributed by atoms with Crippen LogP contribution in [0, 0.1) is 0 Å². The summed E-state index contributed by atoms with van der Waals surface area (Å²) in [6, 6.07) is 15.6. The van der Waals surface area contributed by atoms with E-state index in [2.05, 4.69) is 5.32 Å². The fourth-order valence-corrected chi connectivity index (χ4v) is 3.03. The first-order valence-corrected chi connectivity index (χ1v) is 8.22. The number of hydrogen-bond acceptors (Lipinski definition) is 3. The number of rotatable bonds is 3. The van der Waals surface area contributed by atoms with Crippen LogP contribution in [0.4, 0.5) is 5.69 Å². The Hall–Kier alpha value is -3.31. The number of benzene rings is 2. The Morgan fingerprint density at radius 2 is 1.96 bits per heavy atom. The smallest absolute Gasteiger partial charge is 0.256 e. The Morgan fingerprint density at radius 1 is 1.12 bits per heavy atom. The van der Waals surface area contributed by atoms with Gasteiger partial charge in [-0.05, 0) is 48.5 Å². The lowest BCUT2D eigenvalue weighted by molar-refractivity contribution is -0.110. The Balaban J connectivity index is 1.71. The predicted molar refractivity (Wildman–Crippen MR) is 101 cm³/mol. The molecule has 0 radical (unpaired) electrons. The predicted octanol–water partition coefficient (Wildman–Crippen LogP) is 4.19. The second-order valence-corrected chi connectivity index (χ2v) is 6.29. The van der Waals surface area contributed by atoms with Gasteiger partial charge in [0.2, 0.25) is 5.91 Å². The molecule has 2 amide bonds. The number of nitrogens with two attached hydrogens (primary N) is 1. The van der Waals surface area contributed by atoms with E-state index in [-0.39, 0.29) is 5.91 Å². The highest BCUT2D eigenvalue weighted by Gasteiger charge is 2.24. The molecule has 5 nitrogen and oxygen atoms in total. The van der Waals surface area contributed by atoms with Gasteiger partial charge in [0.05, 0.1) is 5.57 Å². The van der Waals surface area contributed by atoms with E-state index in [0.29, 0.717) is 33.4 Å². The molecule has 0 saturated carbocycles. The maximum absolute atomic E-state index is 12.2. The van der Waals surface area contributed by atoms with Gasteiger partial charge in [0.25, 0.3) is 5.91 Å². The van der Waals surface area contributed by atoms with E-state index in [4.69, 9.17) is 21.8 Å². The molecule has 2 heterocycles. The lowest BCUT2D eigenvalue weighted by Gasteiger charge is -2.00. The van der Waals surface area contributed by atoms with Crippen LogP contribution in [0.3, 0.4) is 0 Å². The summed E-state index contributed by atoms with van der Waals surface area (Å²) in [6.07, 6.45) is 1.67. The van der Waals surface area contributed by atoms with E-state index in [1.54, 1.807) is 54.6 Å². The van der Waals surface area contributed by atoms with Crippen LogP contribution in [0.15, 0.2) is 59.0 Å². The lowest BCUT2D eigenvalue weighted by Crippen LogP contribution is -2.10. The van der Waals surface area contributed by atoms with Gasteiger partial charge in [-0.15, -0.1) is 0 Å². The number of carbonyl (C=O) groups excluding carboxylic acids is 2. The summed E-state index contributed by atoms with van der Waals surface area (Å²) in [5.41, 5.74) is 8.37. The molecule has 1 aromatic heterocycles. The van der Waals surface area contributed by atoms with Crippen LogP contribution in [-0.4, -0.2) is 11.8 Å². The van der Waals surface area contributed by atoms with E-state index in [0.717, 1.165) is 11.1 Å². The van der Waals surface area contributed by atoms with Crippen molar-refractivity contribution in [1.82, 2.24) is 0 Å². The minimum atomic E-state index is -0.503. The van der Waals surface area contributed by atoms with E-state index >= 15 is 0 Å². The first kappa shape index (κ1) is 16.2. The summed E-state index contributed by atoms with van der Waals surface area (Å²) in [6.45, 7) is 0. The molecule has 0 aliphatic carbocycles. The highest BCUT2D eigenvalue weighted by atomic mass is 35.5. The van der Waals surface area contributed by atoms with Gasteiger partial charge in [-0.3, -0.25) is 9.59 Å². The quantitative estimate of drug-likeness (QED) is 0.683. The fourth-order valence-electron chi connectivity index (χ4n) is 2.86. The second kappa shape index (κ2) is 6.20. The van der Waals surface area contributed by atoms with Crippen molar-refractivity contribution in [3.63, 3.8) is 0 Å². The van der Waals surface area contributed by atoms with Gasteiger partial charge in [0, 0.05) is 27.4 Å². The van der Waals surface area contributed by atoms with Crippen molar-refractivity contribution in [3.8, 4) is 11.3 Å². The summed E-state index contributed by atoms with van der Waals surface area (Å²) >= 11 is 6.04. The maximum Gasteiger partial charge on any atom is 0.256 e. The monoisotopic (exact) mass is 364 g/mol. The van der Waals surface area contributed by atoms with Gasteiger partial charge < -0.3 is 15.5 Å². The summed E-state index contributed by atoms with van der Waals surface area (Å²) in [4.78, 5) is 23.6. The molecule has 0 spiro atoms. The zero-order valence-corrected chi connectivity index (χ0v) is 14.2. The standard InChI is InChI=1S/C20H13ClN2O3/c21-13-4-6-17-15(9-13)16(20(25)23-17)10-14-5-7-18(26-14)11-2-1-3-12(8-11)19(22)24/h1-10H,(H2,22,24)(H,23,25)/b16-10+. The number of carbonyl (C=O) groups is 2. The molecular weight excluding hydrogens is 352 g/mol. The molecule has 0 fully saturated rings. The second-order valence-electron chi connectivity index (χ2n) is 5.85. The number of furan rings is 1. The minimum Gasteiger partial charge on any atom is -0.457 e. The molecule has 2 aromatic carbocycles. The SMILES string of the molecule is NC(=O)c1cccc(-c2ccc(/C=C3/C(=O)Nc4ccc(Cl)cc43)o2)c1. The molecule has 26 heavy (non-hydrogen) atoms. The Kier molecular flexibility index (Phi) is 3.86. The first-order valence-electron chi connectivity index (χ1n) is 7.84. The van der Waals surface area contributed by atoms with Crippen LogP contribution in [-0.2, 0) is 4.79 Å². The molecule has 0 unspecified atom stereocenters. The van der Waals surface area contributed by atoms with E-state index in [1.165, 1.54) is 0 Å². The summed E-state index contributed by atoms with van der Waals surface area (Å²) in [7, 11) is 0. The molecule has 0 saturated heterocycles. The lowest BCUT2D eigenvalue weighted by atomic mass is 10.1. The zero-order chi connectivity index (χ0) is 18.3. The Labute approximate surface area is 154 Å². The topological polar surface area (TPSA) is 85.3 Å². The highest BCUT2D eigenvalue weighted by Crippen LogP contribution is 2.35. The molecule has 0 bridgehead atoms. The number of anilines is 1. The Bertz CT molecular complexity index is 1080. The molecule has 1 aliphatic rings. The molecule has 3 aromatic rings. The molecule has 4 rings (SSSR count). The van der Waals surface area contributed by atoms with Gasteiger partial charge in [0.1, 0.15) is 11.5 Å². The van der Waals surface area contributed by atoms with Crippen LogP contribution in [0.25, 0.3) is 23.0 Å². The van der Waals surface area contributed by atoms with Crippen molar-refractivity contribution in [2.24, 2.45) is 5.73 Å². The highest BCUT2D eigenvalue weighted by molar-refractivity contribution is 6.36. The normalized spacial score (nSPS) is 14.3. The average Bonchev–Trinajstić information content (AvgIpc) is 3.21. The fraction of sp³-hybridized carbons (Fsp3) is 0. The van der Waals surface area contributed by atoms with Crippen LogP contribution in [0.1, 0.15) is 21.7 Å². The van der Waals surface area contributed by atoms with E-state index in [1.807, 2.05) is 6.07 Å².